The predicted molar refractivity (Wildman–Crippen MR) is 61.9 cm³/mol. The maximum Gasteiger partial charge on any atom is 0.235 e. The van der Waals surface area contributed by atoms with Crippen molar-refractivity contribution in [3.05, 3.63) is 23.8 Å². The summed E-state index contributed by atoms with van der Waals surface area (Å²) in [7, 11) is 0.328. The lowest BCUT2D eigenvalue weighted by Crippen LogP contribution is -2.34. The number of anilines is 2. The van der Waals surface area contributed by atoms with E-state index in [1.165, 1.54) is 4.31 Å². The van der Waals surface area contributed by atoms with E-state index in [0.29, 0.717) is 6.42 Å². The van der Waals surface area contributed by atoms with Crippen LogP contribution in [0, 0.1) is 0 Å². The number of rotatable bonds is 1. The van der Waals surface area contributed by atoms with E-state index in [9.17, 15) is 8.42 Å². The molecule has 0 saturated carbocycles. The van der Waals surface area contributed by atoms with Crippen LogP contribution in [0.1, 0.15) is 5.56 Å². The summed E-state index contributed by atoms with van der Waals surface area (Å²) in [6.07, 6.45) is 0.603. The van der Waals surface area contributed by atoms with Crippen molar-refractivity contribution >= 4 is 21.4 Å². The van der Waals surface area contributed by atoms with Gasteiger partial charge in [-0.3, -0.25) is 4.31 Å². The molecule has 1 aromatic rings. The number of nitrogens with one attached hydrogen (secondary N) is 1. The molecule has 1 aliphatic heterocycles. The zero-order valence-electron chi connectivity index (χ0n) is 8.82. The van der Waals surface area contributed by atoms with Gasteiger partial charge in [0.25, 0.3) is 0 Å². The summed E-state index contributed by atoms with van der Waals surface area (Å²) in [5.74, 6) is 0.204. The second-order valence-electron chi connectivity index (χ2n) is 3.63. The highest BCUT2D eigenvalue weighted by Gasteiger charge is 2.26. The Morgan fingerprint density at radius 3 is 2.80 bits per heavy atom. The highest BCUT2D eigenvalue weighted by atomic mass is 32.2. The molecule has 0 atom stereocenters. The van der Waals surface area contributed by atoms with Gasteiger partial charge >= 0.3 is 0 Å². The second kappa shape index (κ2) is 3.41. The summed E-state index contributed by atoms with van der Waals surface area (Å²) in [5, 5.41) is 3.00. The fourth-order valence-corrected chi connectivity index (χ4v) is 2.97. The molecule has 0 saturated heterocycles. The highest BCUT2D eigenvalue weighted by molar-refractivity contribution is 7.92. The van der Waals surface area contributed by atoms with E-state index in [1.807, 2.05) is 25.2 Å². The van der Waals surface area contributed by atoms with E-state index in [-0.39, 0.29) is 5.75 Å². The maximum absolute atomic E-state index is 11.6. The lowest BCUT2D eigenvalue weighted by Gasteiger charge is -2.27. The van der Waals surface area contributed by atoms with Crippen molar-refractivity contribution in [2.45, 2.75) is 6.42 Å². The van der Waals surface area contributed by atoms with Crippen LogP contribution < -0.4 is 9.62 Å². The van der Waals surface area contributed by atoms with Crippen LogP contribution in [0.3, 0.4) is 0 Å². The van der Waals surface area contributed by atoms with Gasteiger partial charge in [0.1, 0.15) is 0 Å². The summed E-state index contributed by atoms with van der Waals surface area (Å²) in [6, 6.07) is 5.81. The molecule has 0 unspecified atom stereocenters. The zero-order chi connectivity index (χ0) is 11.1. The number of fused-ring (bicyclic) bond motifs is 1. The number of aryl methyl sites for hydroxylation is 1. The van der Waals surface area contributed by atoms with Crippen LogP contribution in [0.2, 0.25) is 0 Å². The average molecular weight is 226 g/mol. The zero-order valence-corrected chi connectivity index (χ0v) is 9.63. The first-order valence-corrected chi connectivity index (χ1v) is 6.43. The van der Waals surface area contributed by atoms with Gasteiger partial charge in [-0.1, -0.05) is 6.07 Å². The maximum atomic E-state index is 11.6. The van der Waals surface area contributed by atoms with E-state index >= 15 is 0 Å². The van der Waals surface area contributed by atoms with Gasteiger partial charge in [0.2, 0.25) is 10.0 Å². The van der Waals surface area contributed by atoms with Gasteiger partial charge in [-0.25, -0.2) is 8.42 Å². The highest BCUT2D eigenvalue weighted by Crippen LogP contribution is 2.30. The minimum Gasteiger partial charge on any atom is -0.388 e. The number of hydrogen-bond acceptors (Lipinski definition) is 3. The summed E-state index contributed by atoms with van der Waals surface area (Å²) < 4.78 is 24.7. The van der Waals surface area contributed by atoms with Gasteiger partial charge in [0, 0.05) is 19.8 Å². The summed E-state index contributed by atoms with van der Waals surface area (Å²) >= 11 is 0. The molecule has 0 aliphatic carbocycles. The molecule has 1 N–H and O–H groups in total. The molecular weight excluding hydrogens is 212 g/mol. The van der Waals surface area contributed by atoms with Crippen molar-refractivity contribution in [3.8, 4) is 0 Å². The Labute approximate surface area is 90.0 Å². The van der Waals surface area contributed by atoms with Gasteiger partial charge < -0.3 is 5.32 Å². The lowest BCUT2D eigenvalue weighted by molar-refractivity contribution is 0.591. The van der Waals surface area contributed by atoms with E-state index in [1.54, 1.807) is 7.05 Å². The Morgan fingerprint density at radius 1 is 1.40 bits per heavy atom. The Hall–Kier alpha value is -1.23. The van der Waals surface area contributed by atoms with Gasteiger partial charge in [-0.15, -0.1) is 0 Å². The van der Waals surface area contributed by atoms with Crippen LogP contribution in [0.5, 0.6) is 0 Å². The minimum atomic E-state index is -3.09. The standard InChI is InChI=1S/C10H14N2O2S/c1-11-9-4-3-8-5-6-15(13,14)12(2)10(8)7-9/h3-4,7,11H,5-6H2,1-2H3. The molecule has 82 valence electrons. The molecule has 0 amide bonds. The third-order valence-electron chi connectivity index (χ3n) is 2.76. The molecule has 0 spiro atoms. The summed E-state index contributed by atoms with van der Waals surface area (Å²) in [6.45, 7) is 0. The first kappa shape index (κ1) is 10.3. The third kappa shape index (κ3) is 1.67. The molecule has 0 aromatic heterocycles. The molecule has 0 fully saturated rings. The first-order valence-electron chi connectivity index (χ1n) is 4.82. The third-order valence-corrected chi connectivity index (χ3v) is 4.51. The van der Waals surface area contributed by atoms with Crippen LogP contribution in [0.15, 0.2) is 18.2 Å². The number of nitrogens with zero attached hydrogens (tertiary/aromatic N) is 1. The van der Waals surface area contributed by atoms with E-state index in [0.717, 1.165) is 16.9 Å². The number of sulfonamides is 1. The Kier molecular flexibility index (Phi) is 2.34. The van der Waals surface area contributed by atoms with E-state index in [4.69, 9.17) is 0 Å². The predicted octanol–water partition coefficient (Wildman–Crippen LogP) is 1.05. The number of benzene rings is 1. The SMILES string of the molecule is CNc1ccc2c(c1)N(C)S(=O)(=O)CC2. The molecule has 1 aromatic carbocycles. The quantitative estimate of drug-likeness (QED) is 0.778. The number of hydrogen-bond donors (Lipinski definition) is 1. The molecule has 15 heavy (non-hydrogen) atoms. The van der Waals surface area contributed by atoms with Gasteiger partial charge in [0.15, 0.2) is 0 Å². The molecular formula is C10H14N2O2S. The molecule has 0 bridgehead atoms. The second-order valence-corrected chi connectivity index (χ2v) is 5.75. The fourth-order valence-electron chi connectivity index (χ4n) is 1.75. The smallest absolute Gasteiger partial charge is 0.235 e. The van der Waals surface area contributed by atoms with Gasteiger partial charge in [-0.2, -0.15) is 0 Å². The van der Waals surface area contributed by atoms with Crippen LogP contribution in [0.25, 0.3) is 0 Å². The molecule has 5 heteroatoms. The van der Waals surface area contributed by atoms with Crippen LogP contribution in [-0.4, -0.2) is 28.3 Å². The molecule has 0 radical (unpaired) electrons. The van der Waals surface area contributed by atoms with Crippen molar-refractivity contribution in [2.75, 3.05) is 29.5 Å². The van der Waals surface area contributed by atoms with E-state index in [2.05, 4.69) is 5.32 Å². The normalized spacial score (nSPS) is 18.4. The van der Waals surface area contributed by atoms with Crippen molar-refractivity contribution in [1.82, 2.24) is 0 Å². The van der Waals surface area contributed by atoms with Crippen molar-refractivity contribution in [3.63, 3.8) is 0 Å². The van der Waals surface area contributed by atoms with E-state index < -0.39 is 10.0 Å². The van der Waals surface area contributed by atoms with Crippen molar-refractivity contribution < 1.29 is 8.42 Å². The molecule has 1 heterocycles. The van der Waals surface area contributed by atoms with Crippen LogP contribution in [-0.2, 0) is 16.4 Å². The minimum absolute atomic E-state index is 0.204. The van der Waals surface area contributed by atoms with Crippen molar-refractivity contribution in [1.29, 1.82) is 0 Å². The largest absolute Gasteiger partial charge is 0.388 e. The lowest BCUT2D eigenvalue weighted by atomic mass is 10.1. The van der Waals surface area contributed by atoms with Gasteiger partial charge in [0.05, 0.1) is 11.4 Å². The Bertz CT molecular complexity index is 482. The van der Waals surface area contributed by atoms with Crippen LogP contribution >= 0.6 is 0 Å². The summed E-state index contributed by atoms with van der Waals surface area (Å²) in [5.41, 5.74) is 2.80. The first-order chi connectivity index (χ1) is 7.04. The fraction of sp³-hybridized carbons (Fsp3) is 0.400. The monoisotopic (exact) mass is 226 g/mol. The summed E-state index contributed by atoms with van der Waals surface area (Å²) in [4.78, 5) is 0. The molecule has 4 nitrogen and oxygen atoms in total. The molecule has 1 aliphatic rings. The Morgan fingerprint density at radius 2 is 2.13 bits per heavy atom. The topological polar surface area (TPSA) is 49.4 Å². The average Bonchev–Trinajstić information content (AvgIpc) is 2.24. The van der Waals surface area contributed by atoms with Crippen LogP contribution in [0.4, 0.5) is 11.4 Å². The molecule has 2 rings (SSSR count). The van der Waals surface area contributed by atoms with Gasteiger partial charge in [-0.05, 0) is 24.1 Å². The van der Waals surface area contributed by atoms with Crippen molar-refractivity contribution in [2.24, 2.45) is 0 Å². The Balaban J connectivity index is 2.54.